The standard InChI is InChI=1S/C19H15IN2O5/c1-26-16-9-11(8-15(20)17(16)27-2)7-13(10-21)18(23)22-14-5-3-12(4-6-14)19(24)25/h3-9H,1-2H3,(H,22,23)(H,24,25)/b13-7+. The van der Waals surface area contributed by atoms with Crippen LogP contribution in [0.25, 0.3) is 6.08 Å². The molecule has 0 aliphatic heterocycles. The molecule has 0 fully saturated rings. The fourth-order valence-electron chi connectivity index (χ4n) is 2.23. The molecular formula is C19H15IN2O5. The predicted molar refractivity (Wildman–Crippen MR) is 108 cm³/mol. The number of amides is 1. The van der Waals surface area contributed by atoms with Gasteiger partial charge in [0.1, 0.15) is 11.6 Å². The van der Waals surface area contributed by atoms with Crippen LogP contribution in [0, 0.1) is 14.9 Å². The second-order valence-electron chi connectivity index (χ2n) is 5.24. The summed E-state index contributed by atoms with van der Waals surface area (Å²) in [5.41, 5.74) is 0.974. The summed E-state index contributed by atoms with van der Waals surface area (Å²) in [6.07, 6.45) is 1.44. The van der Waals surface area contributed by atoms with Gasteiger partial charge in [0.25, 0.3) is 5.91 Å². The molecule has 0 unspecified atom stereocenters. The topological polar surface area (TPSA) is 109 Å². The Bertz CT molecular complexity index is 946. The summed E-state index contributed by atoms with van der Waals surface area (Å²) in [5.74, 6) is -0.617. The van der Waals surface area contributed by atoms with Crippen molar-refractivity contribution in [2.24, 2.45) is 0 Å². The molecule has 2 N–H and O–H groups in total. The fourth-order valence-corrected chi connectivity index (χ4v) is 3.08. The van der Waals surface area contributed by atoms with Crippen LogP contribution in [0.2, 0.25) is 0 Å². The molecule has 2 aromatic rings. The van der Waals surface area contributed by atoms with Crippen molar-refractivity contribution in [3.63, 3.8) is 0 Å². The van der Waals surface area contributed by atoms with E-state index in [4.69, 9.17) is 14.6 Å². The van der Waals surface area contributed by atoms with E-state index in [9.17, 15) is 14.9 Å². The first-order chi connectivity index (χ1) is 12.9. The number of rotatable bonds is 6. The van der Waals surface area contributed by atoms with Crippen LogP contribution < -0.4 is 14.8 Å². The Kier molecular flexibility index (Phi) is 6.79. The predicted octanol–water partition coefficient (Wildman–Crippen LogP) is 3.55. The van der Waals surface area contributed by atoms with Gasteiger partial charge in [-0.15, -0.1) is 0 Å². The number of carboxylic acid groups (broad SMARTS) is 1. The molecule has 0 heterocycles. The van der Waals surface area contributed by atoms with Crippen LogP contribution in [0.1, 0.15) is 15.9 Å². The lowest BCUT2D eigenvalue weighted by Crippen LogP contribution is -2.13. The lowest BCUT2D eigenvalue weighted by atomic mass is 10.1. The number of ether oxygens (including phenoxy) is 2. The highest BCUT2D eigenvalue weighted by Crippen LogP contribution is 2.34. The third-order valence-corrected chi connectivity index (χ3v) is 4.32. The zero-order chi connectivity index (χ0) is 20.0. The van der Waals surface area contributed by atoms with Gasteiger partial charge in [0, 0.05) is 5.69 Å². The van der Waals surface area contributed by atoms with E-state index in [0.29, 0.717) is 22.7 Å². The minimum absolute atomic E-state index is 0.101. The summed E-state index contributed by atoms with van der Waals surface area (Å²) in [6, 6.07) is 10.9. The van der Waals surface area contributed by atoms with Crippen molar-refractivity contribution >= 4 is 46.2 Å². The van der Waals surface area contributed by atoms with Crippen molar-refractivity contribution in [1.29, 1.82) is 5.26 Å². The lowest BCUT2D eigenvalue weighted by Gasteiger charge is -2.11. The molecule has 0 atom stereocenters. The SMILES string of the molecule is COc1cc(/C=C(\C#N)C(=O)Nc2ccc(C(=O)O)cc2)cc(I)c1OC. The first-order valence-electron chi connectivity index (χ1n) is 7.57. The summed E-state index contributed by atoms with van der Waals surface area (Å²) in [5, 5.41) is 20.8. The van der Waals surface area contributed by atoms with E-state index in [2.05, 4.69) is 27.9 Å². The van der Waals surface area contributed by atoms with Crippen LogP contribution in [0.3, 0.4) is 0 Å². The first kappa shape index (κ1) is 20.3. The maximum atomic E-state index is 12.4. The molecule has 27 heavy (non-hydrogen) atoms. The van der Waals surface area contributed by atoms with Gasteiger partial charge in [0.15, 0.2) is 11.5 Å². The van der Waals surface area contributed by atoms with Crippen LogP contribution >= 0.6 is 22.6 Å². The summed E-state index contributed by atoms with van der Waals surface area (Å²) in [6.45, 7) is 0. The van der Waals surface area contributed by atoms with Crippen LogP contribution in [0.5, 0.6) is 11.5 Å². The third kappa shape index (κ3) is 4.98. The zero-order valence-electron chi connectivity index (χ0n) is 14.4. The molecule has 2 rings (SSSR count). The molecule has 7 nitrogen and oxygen atoms in total. The van der Waals surface area contributed by atoms with Crippen molar-refractivity contribution in [3.05, 3.63) is 56.7 Å². The second kappa shape index (κ2) is 9.05. The molecule has 2 aromatic carbocycles. The van der Waals surface area contributed by atoms with E-state index < -0.39 is 11.9 Å². The van der Waals surface area contributed by atoms with Crippen molar-refractivity contribution < 1.29 is 24.2 Å². The van der Waals surface area contributed by atoms with E-state index >= 15 is 0 Å². The minimum atomic E-state index is -1.06. The van der Waals surface area contributed by atoms with Crippen LogP contribution in [-0.2, 0) is 4.79 Å². The number of aromatic carboxylic acids is 1. The maximum Gasteiger partial charge on any atom is 0.335 e. The highest BCUT2D eigenvalue weighted by molar-refractivity contribution is 14.1. The van der Waals surface area contributed by atoms with Gasteiger partial charge in [-0.3, -0.25) is 4.79 Å². The van der Waals surface area contributed by atoms with E-state index in [1.165, 1.54) is 44.6 Å². The third-order valence-electron chi connectivity index (χ3n) is 3.52. The molecular weight excluding hydrogens is 463 g/mol. The van der Waals surface area contributed by atoms with Crippen molar-refractivity contribution in [3.8, 4) is 17.6 Å². The minimum Gasteiger partial charge on any atom is -0.493 e. The van der Waals surface area contributed by atoms with Gasteiger partial charge in [-0.05, 0) is 70.6 Å². The number of nitrogens with zero attached hydrogens (tertiary/aromatic N) is 1. The summed E-state index contributed by atoms with van der Waals surface area (Å²) in [7, 11) is 3.03. The van der Waals surface area contributed by atoms with Gasteiger partial charge < -0.3 is 19.9 Å². The number of anilines is 1. The zero-order valence-corrected chi connectivity index (χ0v) is 16.6. The smallest absolute Gasteiger partial charge is 0.335 e. The van der Waals surface area contributed by atoms with Crippen molar-refractivity contribution in [1.82, 2.24) is 0 Å². The highest BCUT2D eigenvalue weighted by Gasteiger charge is 2.13. The normalized spacial score (nSPS) is 10.7. The Morgan fingerprint density at radius 2 is 1.85 bits per heavy atom. The van der Waals surface area contributed by atoms with Crippen LogP contribution in [-0.4, -0.2) is 31.2 Å². The molecule has 0 aliphatic rings. The average Bonchev–Trinajstić information content (AvgIpc) is 2.65. The number of hydrogen-bond acceptors (Lipinski definition) is 5. The van der Waals surface area contributed by atoms with Crippen molar-refractivity contribution in [2.45, 2.75) is 0 Å². The number of nitriles is 1. The molecule has 0 saturated carbocycles. The molecule has 0 bridgehead atoms. The number of carboxylic acids is 1. The number of carbonyl (C=O) groups is 2. The largest absolute Gasteiger partial charge is 0.493 e. The first-order valence-corrected chi connectivity index (χ1v) is 8.65. The molecule has 8 heteroatoms. The van der Waals surface area contributed by atoms with Gasteiger partial charge in [-0.2, -0.15) is 5.26 Å². The van der Waals surface area contributed by atoms with Crippen molar-refractivity contribution in [2.75, 3.05) is 19.5 Å². The fraction of sp³-hybridized carbons (Fsp3) is 0.105. The van der Waals surface area contributed by atoms with E-state index in [-0.39, 0.29) is 11.1 Å². The number of nitrogens with one attached hydrogen (secondary N) is 1. The van der Waals surface area contributed by atoms with E-state index in [0.717, 1.165) is 3.57 Å². The van der Waals surface area contributed by atoms with Crippen LogP contribution in [0.4, 0.5) is 5.69 Å². The molecule has 0 aromatic heterocycles. The molecule has 0 spiro atoms. The number of methoxy groups -OCH3 is 2. The Hall–Kier alpha value is -3.06. The van der Waals surface area contributed by atoms with Gasteiger partial charge in [0.05, 0.1) is 23.4 Å². The van der Waals surface area contributed by atoms with E-state index in [1.54, 1.807) is 12.1 Å². The number of hydrogen-bond donors (Lipinski definition) is 2. The summed E-state index contributed by atoms with van der Waals surface area (Å²) in [4.78, 5) is 23.2. The monoisotopic (exact) mass is 478 g/mol. The van der Waals surface area contributed by atoms with Gasteiger partial charge in [0.2, 0.25) is 0 Å². The van der Waals surface area contributed by atoms with Gasteiger partial charge in [-0.25, -0.2) is 4.79 Å². The quantitative estimate of drug-likeness (QED) is 0.374. The number of halogens is 1. The van der Waals surface area contributed by atoms with Gasteiger partial charge >= 0.3 is 5.97 Å². The summed E-state index contributed by atoms with van der Waals surface area (Å²) >= 11 is 2.07. The second-order valence-corrected chi connectivity index (χ2v) is 6.41. The molecule has 0 aliphatic carbocycles. The van der Waals surface area contributed by atoms with Crippen LogP contribution in [0.15, 0.2) is 42.0 Å². The Morgan fingerprint density at radius 3 is 2.37 bits per heavy atom. The molecule has 138 valence electrons. The lowest BCUT2D eigenvalue weighted by molar-refractivity contribution is -0.112. The van der Waals surface area contributed by atoms with E-state index in [1.807, 2.05) is 6.07 Å². The summed E-state index contributed by atoms with van der Waals surface area (Å²) < 4.78 is 11.3. The Morgan fingerprint density at radius 1 is 1.19 bits per heavy atom. The Labute approximate surface area is 169 Å². The maximum absolute atomic E-state index is 12.4. The average molecular weight is 478 g/mol. The number of benzene rings is 2. The number of carbonyl (C=O) groups excluding carboxylic acids is 1. The molecule has 1 amide bonds. The van der Waals surface area contributed by atoms with Gasteiger partial charge in [-0.1, -0.05) is 0 Å². The molecule has 0 saturated heterocycles. The highest BCUT2D eigenvalue weighted by atomic mass is 127. The Balaban J connectivity index is 2.27. The molecule has 0 radical (unpaired) electrons.